The number of benzene rings is 4. The highest BCUT2D eigenvalue weighted by atomic mass is 35.5. The Bertz CT molecular complexity index is 1810. The standard InChI is InChI=1S/C24H16ClN/c25-19-14-18(17-8-2-1-3-9-17)15-20(16-19)26-23-12-6-4-10-21(23)22-11-5-7-13-24(22)26/h1-16H/i1D,2D,3D,4D,5D,6D,7D,8D,9D,10D,11D,12D,13D. The maximum Gasteiger partial charge on any atom is 0.0645 e. The van der Waals surface area contributed by atoms with E-state index in [9.17, 15) is 0 Å². The first-order chi connectivity index (χ1) is 18.2. The largest absolute Gasteiger partial charge is 0.309 e. The van der Waals surface area contributed by atoms with Crippen molar-refractivity contribution in [3.63, 3.8) is 0 Å². The molecule has 1 aromatic heterocycles. The minimum atomic E-state index is -0.584. The Morgan fingerprint density at radius 3 is 1.85 bits per heavy atom. The number of fused-ring (bicyclic) bond motifs is 3. The average Bonchev–Trinajstić information content (AvgIpc) is 3.27. The summed E-state index contributed by atoms with van der Waals surface area (Å²) >= 11 is 6.42. The van der Waals surface area contributed by atoms with Crippen molar-refractivity contribution in [2.24, 2.45) is 0 Å². The summed E-state index contributed by atoms with van der Waals surface area (Å²) in [5.74, 6) is 0. The Hall–Kier alpha value is -3.03. The van der Waals surface area contributed by atoms with Crippen LogP contribution in [0.25, 0.3) is 38.6 Å². The van der Waals surface area contributed by atoms with Crippen molar-refractivity contribution in [1.29, 1.82) is 0 Å². The molecular formula is C24H16ClN. The van der Waals surface area contributed by atoms with E-state index < -0.39 is 78.6 Å². The lowest BCUT2D eigenvalue weighted by atomic mass is 10.1. The monoisotopic (exact) mass is 366 g/mol. The van der Waals surface area contributed by atoms with Crippen LogP contribution < -0.4 is 0 Å². The summed E-state index contributed by atoms with van der Waals surface area (Å²) in [6.45, 7) is 0. The Morgan fingerprint density at radius 1 is 0.615 bits per heavy atom. The van der Waals surface area contributed by atoms with E-state index >= 15 is 0 Å². The molecule has 0 saturated carbocycles. The van der Waals surface area contributed by atoms with E-state index in [-0.39, 0.29) is 43.6 Å². The smallest absolute Gasteiger partial charge is 0.0645 e. The molecule has 4 aromatic carbocycles. The zero-order valence-electron chi connectivity index (χ0n) is 26.1. The molecule has 0 saturated heterocycles. The summed E-state index contributed by atoms with van der Waals surface area (Å²) < 4.78 is 109. The molecule has 0 radical (unpaired) electrons. The van der Waals surface area contributed by atoms with Crippen LogP contribution in [0.3, 0.4) is 0 Å². The van der Waals surface area contributed by atoms with E-state index in [4.69, 9.17) is 29.4 Å². The van der Waals surface area contributed by atoms with Crippen LogP contribution in [0.1, 0.15) is 17.8 Å². The number of hydrogen-bond donors (Lipinski definition) is 0. The van der Waals surface area contributed by atoms with Gasteiger partial charge in [0.1, 0.15) is 0 Å². The summed E-state index contributed by atoms with van der Waals surface area (Å²) in [5.41, 5.74) is -0.213. The van der Waals surface area contributed by atoms with Crippen LogP contribution in [0, 0.1) is 0 Å². The van der Waals surface area contributed by atoms with Gasteiger partial charge in [-0.05, 0) is 41.4 Å². The Balaban J connectivity index is 2.03. The zero-order chi connectivity index (χ0) is 28.8. The molecule has 26 heavy (non-hydrogen) atoms. The van der Waals surface area contributed by atoms with Crippen LogP contribution in [-0.2, 0) is 0 Å². The molecule has 0 unspecified atom stereocenters. The third-order valence-electron chi connectivity index (χ3n) is 3.96. The SMILES string of the molecule is [2H]c1c([2H])c([2H])c(-c2cc(Cl)cc(-n3c4c([2H])c([2H])c([2H])c([2H])c4c4c([2H])c([2H])c([2H])c([2H])c43)c2)c([2H])c1[2H]. The van der Waals surface area contributed by atoms with Gasteiger partial charge in [0, 0.05) is 21.5 Å². The molecule has 2 heteroatoms. The van der Waals surface area contributed by atoms with Crippen LogP contribution in [0.15, 0.2) is 96.8 Å². The van der Waals surface area contributed by atoms with Crippen LogP contribution in [-0.4, -0.2) is 4.57 Å². The van der Waals surface area contributed by atoms with Gasteiger partial charge in [-0.3, -0.25) is 0 Å². The average molecular weight is 367 g/mol. The van der Waals surface area contributed by atoms with Gasteiger partial charge in [0.15, 0.2) is 0 Å². The first-order valence-corrected chi connectivity index (χ1v) is 7.97. The molecule has 5 aromatic rings. The summed E-state index contributed by atoms with van der Waals surface area (Å²) in [5, 5.41) is -0.189. The van der Waals surface area contributed by atoms with E-state index in [1.54, 1.807) is 0 Å². The lowest BCUT2D eigenvalue weighted by Gasteiger charge is -2.11. The maximum absolute atomic E-state index is 8.62. The predicted molar refractivity (Wildman–Crippen MR) is 111 cm³/mol. The third kappa shape index (κ3) is 2.40. The fourth-order valence-electron chi connectivity index (χ4n) is 2.92. The molecule has 0 spiro atoms. The van der Waals surface area contributed by atoms with E-state index in [0.29, 0.717) is 0 Å². The number of hydrogen-bond acceptors (Lipinski definition) is 0. The van der Waals surface area contributed by atoms with Crippen LogP contribution in [0.5, 0.6) is 0 Å². The third-order valence-corrected chi connectivity index (χ3v) is 4.18. The molecule has 0 aliphatic heterocycles. The van der Waals surface area contributed by atoms with Gasteiger partial charge in [-0.25, -0.2) is 0 Å². The quantitative estimate of drug-likeness (QED) is 0.314. The molecule has 1 nitrogen and oxygen atoms in total. The van der Waals surface area contributed by atoms with Crippen molar-refractivity contribution in [3.05, 3.63) is 102 Å². The number of rotatable bonds is 2. The predicted octanol–water partition coefficient (Wildman–Crippen LogP) is 7.10. The first kappa shape index (κ1) is 6.94. The summed E-state index contributed by atoms with van der Waals surface area (Å²) in [6, 6.07) is -2.83. The van der Waals surface area contributed by atoms with Crippen LogP contribution in [0.4, 0.5) is 0 Å². The van der Waals surface area contributed by atoms with Crippen molar-refractivity contribution in [1.82, 2.24) is 4.57 Å². The van der Waals surface area contributed by atoms with E-state index in [1.807, 2.05) is 0 Å². The topological polar surface area (TPSA) is 4.93 Å². The summed E-state index contributed by atoms with van der Waals surface area (Å²) in [7, 11) is 0. The van der Waals surface area contributed by atoms with Crippen molar-refractivity contribution in [2.45, 2.75) is 0 Å². The second-order valence-electron chi connectivity index (χ2n) is 5.48. The highest BCUT2D eigenvalue weighted by molar-refractivity contribution is 6.31. The molecular weight excluding hydrogens is 338 g/mol. The second-order valence-corrected chi connectivity index (χ2v) is 5.92. The second kappa shape index (κ2) is 6.05. The molecule has 124 valence electrons. The summed E-state index contributed by atoms with van der Waals surface area (Å²) in [4.78, 5) is 0. The van der Waals surface area contributed by atoms with E-state index in [1.165, 1.54) is 22.8 Å². The number of halogens is 1. The van der Waals surface area contributed by atoms with Gasteiger partial charge < -0.3 is 4.57 Å². The molecule has 0 bridgehead atoms. The van der Waals surface area contributed by atoms with Crippen molar-refractivity contribution < 1.29 is 17.8 Å². The van der Waals surface area contributed by atoms with Crippen LogP contribution >= 0.6 is 11.6 Å². The van der Waals surface area contributed by atoms with Gasteiger partial charge in [0.2, 0.25) is 0 Å². The number of nitrogens with zero attached hydrogens (tertiary/aromatic N) is 1. The lowest BCUT2D eigenvalue weighted by molar-refractivity contribution is 1.18. The van der Waals surface area contributed by atoms with Crippen molar-refractivity contribution in [3.8, 4) is 16.8 Å². The van der Waals surface area contributed by atoms with Gasteiger partial charge in [-0.1, -0.05) is 78.1 Å². The molecule has 0 aliphatic carbocycles. The van der Waals surface area contributed by atoms with Crippen LogP contribution in [0.2, 0.25) is 5.02 Å². The number of aromatic nitrogens is 1. The molecule has 1 heterocycles. The minimum absolute atomic E-state index is 0.0472. The Labute approximate surface area is 175 Å². The maximum atomic E-state index is 8.62. The zero-order valence-corrected chi connectivity index (χ0v) is 13.8. The van der Waals surface area contributed by atoms with E-state index in [0.717, 1.165) is 0 Å². The summed E-state index contributed by atoms with van der Waals surface area (Å²) in [6.07, 6.45) is 0. The minimum Gasteiger partial charge on any atom is -0.309 e. The molecule has 0 atom stereocenters. The molecule has 0 aliphatic rings. The van der Waals surface area contributed by atoms with Gasteiger partial charge >= 0.3 is 0 Å². The molecule has 5 rings (SSSR count). The molecule has 0 N–H and O–H groups in total. The van der Waals surface area contributed by atoms with Gasteiger partial charge in [-0.2, -0.15) is 0 Å². The molecule has 0 fully saturated rings. The lowest BCUT2D eigenvalue weighted by Crippen LogP contribution is -1.94. The first-order valence-electron chi connectivity index (χ1n) is 14.1. The van der Waals surface area contributed by atoms with Gasteiger partial charge in [-0.15, -0.1) is 0 Å². The highest BCUT2D eigenvalue weighted by Crippen LogP contribution is 2.34. The highest BCUT2D eigenvalue weighted by Gasteiger charge is 2.12. The van der Waals surface area contributed by atoms with Crippen molar-refractivity contribution >= 4 is 33.4 Å². The fourth-order valence-corrected chi connectivity index (χ4v) is 3.15. The van der Waals surface area contributed by atoms with E-state index in [2.05, 4.69) is 0 Å². The van der Waals surface area contributed by atoms with Gasteiger partial charge in [0.05, 0.1) is 28.9 Å². The van der Waals surface area contributed by atoms with Crippen molar-refractivity contribution in [2.75, 3.05) is 0 Å². The normalized spacial score (nSPS) is 18.3. The Kier molecular flexibility index (Phi) is 1.61. The Morgan fingerprint density at radius 2 is 1.19 bits per heavy atom. The number of para-hydroxylation sites is 2. The fraction of sp³-hybridized carbons (Fsp3) is 0. The van der Waals surface area contributed by atoms with Gasteiger partial charge in [0.25, 0.3) is 0 Å². The molecule has 0 amide bonds.